The van der Waals surface area contributed by atoms with Crippen LogP contribution in [0.5, 0.6) is 0 Å². The van der Waals surface area contributed by atoms with Crippen LogP contribution < -0.4 is 0 Å². The average molecular weight is 191 g/mol. The third-order valence-electron chi connectivity index (χ3n) is 2.39. The van der Waals surface area contributed by atoms with Crippen LogP contribution in [0.15, 0.2) is 18.2 Å². The summed E-state index contributed by atoms with van der Waals surface area (Å²) in [6.45, 7) is 4.11. The normalized spacial score (nSPS) is 12.1. The van der Waals surface area contributed by atoms with Crippen molar-refractivity contribution in [3.63, 3.8) is 0 Å². The number of hydrogen-bond donors (Lipinski definition) is 0. The van der Waals surface area contributed by atoms with Crippen LogP contribution in [0.1, 0.15) is 43.7 Å². The molecule has 14 heavy (non-hydrogen) atoms. The molecule has 1 atom stereocenters. The smallest absolute Gasteiger partial charge is 0.123 e. The summed E-state index contributed by atoms with van der Waals surface area (Å²) in [6.07, 6.45) is 2.03. The third kappa shape index (κ3) is 2.32. The highest BCUT2D eigenvalue weighted by Crippen LogP contribution is 2.24. The predicted octanol–water partition coefficient (Wildman–Crippen LogP) is 3.60. The minimum absolute atomic E-state index is 0.255. The summed E-state index contributed by atoms with van der Waals surface area (Å²) in [5, 5.41) is 8.85. The van der Waals surface area contributed by atoms with Gasteiger partial charge in [0.05, 0.1) is 11.6 Å². The molecule has 0 bridgehead atoms. The molecular formula is C12H14FN. The van der Waals surface area contributed by atoms with Gasteiger partial charge in [-0.2, -0.15) is 5.26 Å². The van der Waals surface area contributed by atoms with E-state index in [9.17, 15) is 4.39 Å². The number of hydrogen-bond acceptors (Lipinski definition) is 1. The molecule has 0 saturated carbocycles. The highest BCUT2D eigenvalue weighted by atomic mass is 19.1. The lowest BCUT2D eigenvalue weighted by Gasteiger charge is -2.11. The molecule has 1 aromatic rings. The molecule has 0 aromatic heterocycles. The molecule has 0 heterocycles. The van der Waals surface area contributed by atoms with E-state index in [0.717, 1.165) is 18.4 Å². The number of halogens is 1. The Balaban J connectivity index is 3.05. The Morgan fingerprint density at radius 2 is 2.21 bits per heavy atom. The fourth-order valence-electron chi connectivity index (χ4n) is 1.63. The molecule has 1 rings (SSSR count). The van der Waals surface area contributed by atoms with E-state index in [0.29, 0.717) is 5.56 Å². The average Bonchev–Trinajstić information content (AvgIpc) is 2.18. The topological polar surface area (TPSA) is 23.8 Å². The van der Waals surface area contributed by atoms with E-state index in [1.807, 2.05) is 6.92 Å². The van der Waals surface area contributed by atoms with Gasteiger partial charge in [-0.1, -0.05) is 20.3 Å². The van der Waals surface area contributed by atoms with Crippen molar-refractivity contribution in [1.82, 2.24) is 0 Å². The Morgan fingerprint density at radius 3 is 2.79 bits per heavy atom. The van der Waals surface area contributed by atoms with Crippen molar-refractivity contribution in [3.8, 4) is 6.07 Å². The number of benzene rings is 1. The number of nitrogens with zero attached hydrogens (tertiary/aromatic N) is 1. The van der Waals surface area contributed by atoms with Gasteiger partial charge in [-0.25, -0.2) is 4.39 Å². The zero-order valence-corrected chi connectivity index (χ0v) is 8.55. The highest BCUT2D eigenvalue weighted by molar-refractivity contribution is 5.39. The Kier molecular flexibility index (Phi) is 3.64. The monoisotopic (exact) mass is 191 g/mol. The van der Waals surface area contributed by atoms with Crippen molar-refractivity contribution < 1.29 is 4.39 Å². The van der Waals surface area contributed by atoms with E-state index in [2.05, 4.69) is 13.0 Å². The van der Waals surface area contributed by atoms with E-state index in [1.165, 1.54) is 12.1 Å². The van der Waals surface area contributed by atoms with Gasteiger partial charge in [0.15, 0.2) is 0 Å². The van der Waals surface area contributed by atoms with Crippen molar-refractivity contribution in [2.75, 3.05) is 0 Å². The first-order valence-electron chi connectivity index (χ1n) is 4.88. The summed E-state index contributed by atoms with van der Waals surface area (Å²) in [5.74, 6) is -0.00713. The van der Waals surface area contributed by atoms with Gasteiger partial charge in [-0.3, -0.25) is 0 Å². The van der Waals surface area contributed by atoms with Gasteiger partial charge in [-0.15, -0.1) is 0 Å². The first-order valence-corrected chi connectivity index (χ1v) is 4.88. The molecule has 1 aromatic carbocycles. The van der Waals surface area contributed by atoms with E-state index >= 15 is 0 Å². The molecule has 1 nitrogen and oxygen atoms in total. The summed E-state index contributed by atoms with van der Waals surface area (Å²) >= 11 is 0. The van der Waals surface area contributed by atoms with E-state index in [4.69, 9.17) is 5.26 Å². The molecule has 0 N–H and O–H groups in total. The first-order chi connectivity index (χ1) is 6.69. The summed E-state index contributed by atoms with van der Waals surface area (Å²) in [7, 11) is 0. The zero-order valence-electron chi connectivity index (χ0n) is 8.55. The second kappa shape index (κ2) is 4.76. The van der Waals surface area contributed by atoms with E-state index in [1.54, 1.807) is 6.07 Å². The van der Waals surface area contributed by atoms with E-state index in [-0.39, 0.29) is 11.7 Å². The maximum absolute atomic E-state index is 13.0. The van der Waals surface area contributed by atoms with Crippen molar-refractivity contribution in [1.29, 1.82) is 5.26 Å². The van der Waals surface area contributed by atoms with Crippen LogP contribution in [0.4, 0.5) is 4.39 Å². The first kappa shape index (κ1) is 10.7. The number of nitriles is 1. The second-order valence-electron chi connectivity index (χ2n) is 3.53. The minimum Gasteiger partial charge on any atom is -0.207 e. The SMILES string of the molecule is CCCC(C)c1cc(F)ccc1C#N. The van der Waals surface area contributed by atoms with Gasteiger partial charge >= 0.3 is 0 Å². The largest absolute Gasteiger partial charge is 0.207 e. The van der Waals surface area contributed by atoms with Crippen molar-refractivity contribution in [2.24, 2.45) is 0 Å². The van der Waals surface area contributed by atoms with Gasteiger partial charge < -0.3 is 0 Å². The fourth-order valence-corrected chi connectivity index (χ4v) is 1.63. The lowest BCUT2D eigenvalue weighted by atomic mass is 9.92. The van der Waals surface area contributed by atoms with Gasteiger partial charge in [0.25, 0.3) is 0 Å². The van der Waals surface area contributed by atoms with Crippen LogP contribution in [0.3, 0.4) is 0 Å². The molecule has 2 heteroatoms. The van der Waals surface area contributed by atoms with Crippen molar-refractivity contribution in [2.45, 2.75) is 32.6 Å². The van der Waals surface area contributed by atoms with Crippen molar-refractivity contribution >= 4 is 0 Å². The van der Waals surface area contributed by atoms with Crippen LogP contribution >= 0.6 is 0 Å². The van der Waals surface area contributed by atoms with Crippen LogP contribution in [-0.4, -0.2) is 0 Å². The van der Waals surface area contributed by atoms with Gasteiger partial charge in [0.2, 0.25) is 0 Å². The molecule has 0 saturated heterocycles. The number of rotatable bonds is 3. The molecule has 74 valence electrons. The van der Waals surface area contributed by atoms with Gasteiger partial charge in [0.1, 0.15) is 5.82 Å². The lowest BCUT2D eigenvalue weighted by Crippen LogP contribution is -1.97. The molecule has 0 amide bonds. The molecule has 0 aliphatic heterocycles. The zero-order chi connectivity index (χ0) is 10.6. The Labute approximate surface area is 84.2 Å². The standard InChI is InChI=1S/C12H14FN/c1-3-4-9(2)12-7-11(13)6-5-10(12)8-14/h5-7,9H,3-4H2,1-2H3. The van der Waals surface area contributed by atoms with E-state index < -0.39 is 0 Å². The van der Waals surface area contributed by atoms with Crippen LogP contribution in [0.2, 0.25) is 0 Å². The fraction of sp³-hybridized carbons (Fsp3) is 0.417. The van der Waals surface area contributed by atoms with Gasteiger partial charge in [0, 0.05) is 0 Å². The van der Waals surface area contributed by atoms with Crippen LogP contribution in [0, 0.1) is 17.1 Å². The molecule has 0 spiro atoms. The molecule has 0 radical (unpaired) electrons. The Bertz CT molecular complexity index is 352. The highest BCUT2D eigenvalue weighted by Gasteiger charge is 2.10. The quantitative estimate of drug-likeness (QED) is 0.716. The predicted molar refractivity (Wildman–Crippen MR) is 54.4 cm³/mol. The molecule has 1 unspecified atom stereocenters. The maximum atomic E-state index is 13.0. The minimum atomic E-state index is -0.262. The second-order valence-corrected chi connectivity index (χ2v) is 3.53. The van der Waals surface area contributed by atoms with Crippen molar-refractivity contribution in [3.05, 3.63) is 35.1 Å². The summed E-state index contributed by atoms with van der Waals surface area (Å²) < 4.78 is 13.0. The lowest BCUT2D eigenvalue weighted by molar-refractivity contribution is 0.612. The molecule has 0 aliphatic carbocycles. The van der Waals surface area contributed by atoms with Crippen LogP contribution in [-0.2, 0) is 0 Å². The third-order valence-corrected chi connectivity index (χ3v) is 2.39. The van der Waals surface area contributed by atoms with Gasteiger partial charge in [-0.05, 0) is 36.1 Å². The van der Waals surface area contributed by atoms with Crippen LogP contribution in [0.25, 0.3) is 0 Å². The molecule has 0 aliphatic rings. The Morgan fingerprint density at radius 1 is 1.50 bits per heavy atom. The molecular weight excluding hydrogens is 177 g/mol. The maximum Gasteiger partial charge on any atom is 0.123 e. The summed E-state index contributed by atoms with van der Waals surface area (Å²) in [4.78, 5) is 0. The Hall–Kier alpha value is -1.36. The summed E-state index contributed by atoms with van der Waals surface area (Å²) in [6, 6.07) is 6.45. The molecule has 0 fully saturated rings. The summed E-state index contributed by atoms with van der Waals surface area (Å²) in [5.41, 5.74) is 1.42.